The van der Waals surface area contributed by atoms with Gasteiger partial charge in [0.05, 0.1) is 12.5 Å². The molecule has 0 rings (SSSR count). The average Bonchev–Trinajstić information content (AvgIpc) is 2.28. The number of ether oxygens (including phenoxy) is 2. The monoisotopic (exact) mass is 327 g/mol. The second-order valence-electron chi connectivity index (χ2n) is 6.48. The van der Waals surface area contributed by atoms with Crippen LogP contribution in [0.1, 0.15) is 41.5 Å². The van der Waals surface area contributed by atoms with Gasteiger partial charge in [0.2, 0.25) is 0 Å². The minimum absolute atomic E-state index is 0.0318. The maximum atomic E-state index is 12.8. The second kappa shape index (κ2) is 7.69. The third-order valence-electron chi connectivity index (χ3n) is 2.50. The van der Waals surface area contributed by atoms with Crippen LogP contribution >= 0.6 is 0 Å². The zero-order chi connectivity index (χ0) is 17.7. The zero-order valence-electron chi connectivity index (χ0n) is 13.7. The smallest absolute Gasteiger partial charge is 0.408 e. The fourth-order valence-electron chi connectivity index (χ4n) is 1.35. The number of rotatable bonds is 5. The van der Waals surface area contributed by atoms with Crippen molar-refractivity contribution >= 4 is 12.1 Å². The van der Waals surface area contributed by atoms with Crippen LogP contribution in [0.25, 0.3) is 0 Å². The molecule has 0 fully saturated rings. The average molecular weight is 327 g/mol. The van der Waals surface area contributed by atoms with Crippen LogP contribution in [0.4, 0.5) is 18.0 Å². The first-order chi connectivity index (χ1) is 9.74. The van der Waals surface area contributed by atoms with Crippen molar-refractivity contribution in [2.24, 2.45) is 11.8 Å². The number of esters is 1. The number of hydrogen-bond donors (Lipinski definition) is 1. The van der Waals surface area contributed by atoms with Gasteiger partial charge in [-0.1, -0.05) is 20.8 Å². The number of alkyl carbamates (subject to hydrolysis) is 1. The SMILES string of the molecule is CC(C)COC(=O)C(NC(=O)OC(C)(C)C)C(C)C(F)(F)F. The van der Waals surface area contributed by atoms with E-state index in [0.29, 0.717) is 0 Å². The molecular weight excluding hydrogens is 303 g/mol. The van der Waals surface area contributed by atoms with E-state index in [1.807, 2.05) is 5.32 Å². The molecule has 130 valence electrons. The number of carbonyl (C=O) groups is 2. The Morgan fingerprint density at radius 3 is 1.95 bits per heavy atom. The number of amides is 1. The van der Waals surface area contributed by atoms with Crippen molar-refractivity contribution in [1.29, 1.82) is 0 Å². The van der Waals surface area contributed by atoms with Gasteiger partial charge < -0.3 is 14.8 Å². The van der Waals surface area contributed by atoms with Crippen molar-refractivity contribution in [3.05, 3.63) is 0 Å². The van der Waals surface area contributed by atoms with Crippen LogP contribution in [-0.2, 0) is 14.3 Å². The first-order valence-electron chi connectivity index (χ1n) is 6.97. The first-order valence-corrected chi connectivity index (χ1v) is 6.97. The highest BCUT2D eigenvalue weighted by Crippen LogP contribution is 2.29. The van der Waals surface area contributed by atoms with E-state index in [-0.39, 0.29) is 12.5 Å². The van der Waals surface area contributed by atoms with Crippen molar-refractivity contribution in [3.8, 4) is 0 Å². The van der Waals surface area contributed by atoms with Gasteiger partial charge >= 0.3 is 18.2 Å². The van der Waals surface area contributed by atoms with E-state index in [0.717, 1.165) is 6.92 Å². The van der Waals surface area contributed by atoms with Gasteiger partial charge in [-0.3, -0.25) is 0 Å². The predicted octanol–water partition coefficient (Wildman–Crippen LogP) is 3.28. The van der Waals surface area contributed by atoms with Gasteiger partial charge in [-0.15, -0.1) is 0 Å². The molecule has 0 aliphatic heterocycles. The summed E-state index contributed by atoms with van der Waals surface area (Å²) in [6.07, 6.45) is -5.76. The van der Waals surface area contributed by atoms with Crippen LogP contribution in [0.15, 0.2) is 0 Å². The summed E-state index contributed by atoms with van der Waals surface area (Å²) in [5.74, 6) is -3.27. The predicted molar refractivity (Wildman–Crippen MR) is 74.2 cm³/mol. The summed E-state index contributed by atoms with van der Waals surface area (Å²) in [5, 5.41) is 1.95. The van der Waals surface area contributed by atoms with Gasteiger partial charge in [0, 0.05) is 0 Å². The molecule has 1 amide bonds. The number of carbonyl (C=O) groups excluding carboxylic acids is 2. The van der Waals surface area contributed by atoms with Crippen molar-refractivity contribution in [2.45, 2.75) is 59.4 Å². The van der Waals surface area contributed by atoms with Gasteiger partial charge in [-0.2, -0.15) is 13.2 Å². The molecule has 1 N–H and O–H groups in total. The lowest BCUT2D eigenvalue weighted by Crippen LogP contribution is -2.51. The first kappa shape index (κ1) is 20.5. The lowest BCUT2D eigenvalue weighted by molar-refractivity contribution is -0.187. The maximum Gasteiger partial charge on any atom is 0.408 e. The van der Waals surface area contributed by atoms with Crippen LogP contribution in [0.5, 0.6) is 0 Å². The molecule has 0 saturated heterocycles. The summed E-state index contributed by atoms with van der Waals surface area (Å²) in [4.78, 5) is 23.5. The Morgan fingerprint density at radius 1 is 1.09 bits per heavy atom. The van der Waals surface area contributed by atoms with Crippen LogP contribution in [0.3, 0.4) is 0 Å². The molecule has 5 nitrogen and oxygen atoms in total. The van der Waals surface area contributed by atoms with E-state index in [9.17, 15) is 22.8 Å². The number of nitrogens with one attached hydrogen (secondary N) is 1. The summed E-state index contributed by atoms with van der Waals surface area (Å²) < 4.78 is 48.2. The van der Waals surface area contributed by atoms with Crippen molar-refractivity contribution in [3.63, 3.8) is 0 Å². The summed E-state index contributed by atoms with van der Waals surface area (Å²) in [6, 6.07) is -1.85. The van der Waals surface area contributed by atoms with Gasteiger partial charge in [0.1, 0.15) is 11.6 Å². The van der Waals surface area contributed by atoms with Crippen LogP contribution in [0.2, 0.25) is 0 Å². The minimum Gasteiger partial charge on any atom is -0.464 e. The van der Waals surface area contributed by atoms with Gasteiger partial charge in [-0.05, 0) is 26.7 Å². The molecule has 2 atom stereocenters. The van der Waals surface area contributed by atoms with E-state index in [1.165, 1.54) is 0 Å². The molecule has 0 aliphatic carbocycles. The Morgan fingerprint density at radius 2 is 1.59 bits per heavy atom. The molecule has 0 aromatic rings. The Balaban J connectivity index is 5.02. The van der Waals surface area contributed by atoms with E-state index in [2.05, 4.69) is 0 Å². The normalized spacial score (nSPS) is 15.2. The lowest BCUT2D eigenvalue weighted by atomic mass is 10.0. The summed E-state index contributed by atoms with van der Waals surface area (Å²) in [6.45, 7) is 8.95. The summed E-state index contributed by atoms with van der Waals surface area (Å²) >= 11 is 0. The molecule has 0 saturated carbocycles. The van der Waals surface area contributed by atoms with E-state index < -0.39 is 35.8 Å². The maximum absolute atomic E-state index is 12.8. The molecule has 22 heavy (non-hydrogen) atoms. The second-order valence-corrected chi connectivity index (χ2v) is 6.48. The van der Waals surface area contributed by atoms with Crippen LogP contribution < -0.4 is 5.32 Å². The Bertz CT molecular complexity index is 389. The fourth-order valence-corrected chi connectivity index (χ4v) is 1.35. The number of halogens is 3. The Labute approximate surface area is 128 Å². The highest BCUT2D eigenvalue weighted by molar-refractivity contribution is 5.81. The molecule has 0 bridgehead atoms. The van der Waals surface area contributed by atoms with E-state index in [1.54, 1.807) is 34.6 Å². The van der Waals surface area contributed by atoms with E-state index in [4.69, 9.17) is 9.47 Å². The molecular formula is C14H24F3NO4. The lowest BCUT2D eigenvalue weighted by Gasteiger charge is -2.27. The highest BCUT2D eigenvalue weighted by Gasteiger charge is 2.46. The molecule has 0 radical (unpaired) electrons. The largest absolute Gasteiger partial charge is 0.464 e. The van der Waals surface area contributed by atoms with Crippen LogP contribution in [-0.4, -0.2) is 36.5 Å². The minimum atomic E-state index is -4.66. The van der Waals surface area contributed by atoms with Crippen molar-refractivity contribution in [2.75, 3.05) is 6.61 Å². The molecule has 8 heteroatoms. The molecule has 0 aliphatic rings. The zero-order valence-corrected chi connectivity index (χ0v) is 13.7. The molecule has 0 aromatic carbocycles. The van der Waals surface area contributed by atoms with E-state index >= 15 is 0 Å². The van der Waals surface area contributed by atoms with Crippen molar-refractivity contribution < 1.29 is 32.2 Å². The summed E-state index contributed by atoms with van der Waals surface area (Å²) in [5.41, 5.74) is -0.891. The summed E-state index contributed by atoms with van der Waals surface area (Å²) in [7, 11) is 0. The van der Waals surface area contributed by atoms with Crippen molar-refractivity contribution in [1.82, 2.24) is 5.32 Å². The molecule has 0 aromatic heterocycles. The molecule has 2 unspecified atom stereocenters. The standard InChI is InChI=1S/C14H24F3NO4/c1-8(2)7-21-11(19)10(9(3)14(15,16)17)18-12(20)22-13(4,5)6/h8-10H,7H2,1-6H3,(H,18,20). The topological polar surface area (TPSA) is 64.6 Å². The van der Waals surface area contributed by atoms with Gasteiger partial charge in [0.15, 0.2) is 0 Å². The molecule has 0 spiro atoms. The Kier molecular flexibility index (Phi) is 7.18. The van der Waals surface area contributed by atoms with Gasteiger partial charge in [-0.25, -0.2) is 9.59 Å². The molecule has 0 heterocycles. The number of alkyl halides is 3. The quantitative estimate of drug-likeness (QED) is 0.787. The fraction of sp³-hybridized carbons (Fsp3) is 0.857. The third kappa shape index (κ3) is 8.09. The Hall–Kier alpha value is -1.47. The number of hydrogen-bond acceptors (Lipinski definition) is 4. The highest BCUT2D eigenvalue weighted by atomic mass is 19.4. The third-order valence-corrected chi connectivity index (χ3v) is 2.50. The van der Waals surface area contributed by atoms with Gasteiger partial charge in [0.25, 0.3) is 0 Å². The van der Waals surface area contributed by atoms with Crippen LogP contribution in [0, 0.1) is 11.8 Å².